The summed E-state index contributed by atoms with van der Waals surface area (Å²) in [6.07, 6.45) is -0.281. The number of benzene rings is 3. The van der Waals surface area contributed by atoms with Gasteiger partial charge in [-0.15, -0.1) is 0 Å². The Labute approximate surface area is 233 Å². The van der Waals surface area contributed by atoms with Crippen LogP contribution < -0.4 is 15.5 Å². The smallest absolute Gasteiger partial charge is 0.338 e. The van der Waals surface area contributed by atoms with Gasteiger partial charge >= 0.3 is 5.97 Å². The number of halogens is 3. The fraction of sp³-hybridized carbons (Fsp3) is 0.111. The van der Waals surface area contributed by atoms with E-state index in [1.807, 2.05) is 0 Å². The van der Waals surface area contributed by atoms with E-state index >= 15 is 0 Å². The fourth-order valence-corrected chi connectivity index (χ4v) is 4.16. The largest absolute Gasteiger partial charge is 0.459 e. The zero-order chi connectivity index (χ0) is 27.6. The van der Waals surface area contributed by atoms with Crippen LogP contribution >= 0.6 is 34.8 Å². The Kier molecular flexibility index (Phi) is 8.06. The molecule has 0 aliphatic carbocycles. The van der Waals surface area contributed by atoms with E-state index in [0.29, 0.717) is 16.9 Å². The van der Waals surface area contributed by atoms with Crippen molar-refractivity contribution in [2.24, 2.45) is 0 Å². The Morgan fingerprint density at radius 2 is 1.50 bits per heavy atom. The number of amides is 3. The van der Waals surface area contributed by atoms with Crippen molar-refractivity contribution in [2.75, 3.05) is 15.5 Å². The maximum Gasteiger partial charge on any atom is 0.338 e. The van der Waals surface area contributed by atoms with Crippen molar-refractivity contribution in [2.45, 2.75) is 20.0 Å². The number of esters is 1. The number of nitrogens with one attached hydrogen (secondary N) is 2. The van der Waals surface area contributed by atoms with Gasteiger partial charge in [0.1, 0.15) is 10.7 Å². The van der Waals surface area contributed by atoms with Gasteiger partial charge in [-0.1, -0.05) is 46.9 Å². The fourth-order valence-electron chi connectivity index (χ4n) is 3.58. The highest BCUT2D eigenvalue weighted by molar-refractivity contribution is 6.54. The third-order valence-corrected chi connectivity index (χ3v) is 6.17. The zero-order valence-corrected chi connectivity index (χ0v) is 22.3. The standard InChI is InChI=1S/C27H20Cl3N3O5/c1-14(2)38-27(37)16-6-4-8-19(12-16)32-24(34)15-5-3-7-18(11-15)31-23-22(30)25(35)33(26(23)36)21-13-17(28)9-10-20(21)29/h3-14,31H,1-2H3,(H,32,34). The molecule has 0 atom stereocenters. The van der Waals surface area contributed by atoms with Crippen LogP contribution in [0.1, 0.15) is 34.6 Å². The first-order chi connectivity index (χ1) is 18.0. The van der Waals surface area contributed by atoms with E-state index in [9.17, 15) is 19.2 Å². The summed E-state index contributed by atoms with van der Waals surface area (Å²) in [5.41, 5.74) is 1.18. The van der Waals surface area contributed by atoms with Gasteiger partial charge in [-0.2, -0.15) is 0 Å². The SMILES string of the molecule is CC(C)OC(=O)c1cccc(NC(=O)c2cccc(NC3=C(Cl)C(=O)N(c4cc(Cl)ccc4Cl)C3=O)c2)c1. The van der Waals surface area contributed by atoms with Crippen molar-refractivity contribution in [1.29, 1.82) is 0 Å². The molecule has 0 bridgehead atoms. The van der Waals surface area contributed by atoms with Gasteiger partial charge in [0.25, 0.3) is 17.7 Å². The molecular formula is C27H20Cl3N3O5. The van der Waals surface area contributed by atoms with E-state index in [4.69, 9.17) is 39.5 Å². The second kappa shape index (κ2) is 11.3. The zero-order valence-electron chi connectivity index (χ0n) is 20.1. The molecule has 3 amide bonds. The van der Waals surface area contributed by atoms with Crippen LogP contribution in [0.25, 0.3) is 0 Å². The van der Waals surface area contributed by atoms with Crippen LogP contribution in [0.5, 0.6) is 0 Å². The number of hydrogen-bond acceptors (Lipinski definition) is 6. The van der Waals surface area contributed by atoms with Crippen molar-refractivity contribution in [3.05, 3.63) is 98.6 Å². The summed E-state index contributed by atoms with van der Waals surface area (Å²) in [7, 11) is 0. The lowest BCUT2D eigenvalue weighted by Crippen LogP contribution is -2.32. The van der Waals surface area contributed by atoms with Gasteiger partial charge in [-0.3, -0.25) is 14.4 Å². The second-order valence-electron chi connectivity index (χ2n) is 8.43. The average Bonchev–Trinajstić information content (AvgIpc) is 3.08. The molecule has 0 unspecified atom stereocenters. The minimum atomic E-state index is -0.770. The number of carbonyl (C=O) groups excluding carboxylic acids is 4. The lowest BCUT2D eigenvalue weighted by molar-refractivity contribution is -0.120. The highest BCUT2D eigenvalue weighted by Crippen LogP contribution is 2.36. The molecule has 38 heavy (non-hydrogen) atoms. The number of imide groups is 1. The topological polar surface area (TPSA) is 105 Å². The molecular weight excluding hydrogens is 553 g/mol. The van der Waals surface area contributed by atoms with Gasteiger partial charge in [0.15, 0.2) is 0 Å². The molecule has 194 valence electrons. The molecule has 8 nitrogen and oxygen atoms in total. The number of anilines is 3. The van der Waals surface area contributed by atoms with E-state index in [0.717, 1.165) is 4.90 Å². The van der Waals surface area contributed by atoms with E-state index in [2.05, 4.69) is 10.6 Å². The third kappa shape index (κ3) is 5.83. The van der Waals surface area contributed by atoms with Gasteiger partial charge in [0, 0.05) is 22.0 Å². The van der Waals surface area contributed by atoms with Crippen LogP contribution in [-0.4, -0.2) is 29.8 Å². The Balaban J connectivity index is 1.51. The van der Waals surface area contributed by atoms with E-state index in [1.165, 1.54) is 30.3 Å². The predicted octanol–water partition coefficient (Wildman–Crippen LogP) is 6.25. The summed E-state index contributed by atoms with van der Waals surface area (Å²) in [6, 6.07) is 17.0. The van der Waals surface area contributed by atoms with Gasteiger partial charge in [-0.25, -0.2) is 9.69 Å². The molecule has 3 aromatic carbocycles. The van der Waals surface area contributed by atoms with Crippen molar-refractivity contribution < 1.29 is 23.9 Å². The third-order valence-electron chi connectivity index (χ3n) is 5.27. The monoisotopic (exact) mass is 571 g/mol. The molecule has 4 rings (SSSR count). The number of ether oxygens (including phenoxy) is 1. The number of nitrogens with zero attached hydrogens (tertiary/aromatic N) is 1. The Morgan fingerprint density at radius 3 is 2.21 bits per heavy atom. The maximum atomic E-state index is 13.1. The summed E-state index contributed by atoms with van der Waals surface area (Å²) in [6.45, 7) is 3.49. The Morgan fingerprint density at radius 1 is 0.842 bits per heavy atom. The first-order valence-electron chi connectivity index (χ1n) is 11.3. The highest BCUT2D eigenvalue weighted by atomic mass is 35.5. The molecule has 1 aliphatic rings. The first kappa shape index (κ1) is 27.2. The second-order valence-corrected chi connectivity index (χ2v) is 9.65. The summed E-state index contributed by atoms with van der Waals surface area (Å²) >= 11 is 18.4. The van der Waals surface area contributed by atoms with E-state index in [-0.39, 0.29) is 38.1 Å². The van der Waals surface area contributed by atoms with Gasteiger partial charge in [0.05, 0.1) is 22.4 Å². The molecule has 2 N–H and O–H groups in total. The van der Waals surface area contributed by atoms with Crippen LogP contribution in [0.3, 0.4) is 0 Å². The maximum absolute atomic E-state index is 13.1. The van der Waals surface area contributed by atoms with Crippen molar-refractivity contribution in [1.82, 2.24) is 0 Å². The molecule has 0 saturated heterocycles. The molecule has 1 heterocycles. The molecule has 3 aromatic rings. The number of carbonyl (C=O) groups is 4. The van der Waals surface area contributed by atoms with Crippen LogP contribution in [0.2, 0.25) is 10.0 Å². The minimum absolute atomic E-state index is 0.0942. The number of rotatable bonds is 7. The summed E-state index contributed by atoms with van der Waals surface area (Å²) in [5, 5.41) is 5.63. The molecule has 0 spiro atoms. The van der Waals surface area contributed by atoms with Gasteiger partial charge in [-0.05, 0) is 68.4 Å². The average molecular weight is 573 g/mol. The Bertz CT molecular complexity index is 1500. The quantitative estimate of drug-likeness (QED) is 0.256. The first-order valence-corrected chi connectivity index (χ1v) is 12.4. The summed E-state index contributed by atoms with van der Waals surface area (Å²) < 4.78 is 5.19. The molecule has 11 heteroatoms. The van der Waals surface area contributed by atoms with Gasteiger partial charge < -0.3 is 15.4 Å². The molecule has 1 aliphatic heterocycles. The van der Waals surface area contributed by atoms with Crippen LogP contribution in [0.15, 0.2) is 77.5 Å². The lowest BCUT2D eigenvalue weighted by atomic mass is 10.1. The van der Waals surface area contributed by atoms with Crippen LogP contribution in [0.4, 0.5) is 17.1 Å². The van der Waals surface area contributed by atoms with Crippen molar-refractivity contribution in [3.8, 4) is 0 Å². The molecule has 0 aromatic heterocycles. The van der Waals surface area contributed by atoms with Crippen molar-refractivity contribution in [3.63, 3.8) is 0 Å². The van der Waals surface area contributed by atoms with Crippen molar-refractivity contribution >= 4 is 75.6 Å². The Hall–Kier alpha value is -3.85. The summed E-state index contributed by atoms with van der Waals surface area (Å²) in [4.78, 5) is 51.8. The summed E-state index contributed by atoms with van der Waals surface area (Å²) in [5.74, 6) is -2.47. The van der Waals surface area contributed by atoms with E-state index < -0.39 is 23.7 Å². The lowest BCUT2D eigenvalue weighted by Gasteiger charge is -2.17. The van der Waals surface area contributed by atoms with E-state index in [1.54, 1.807) is 50.2 Å². The number of hydrogen-bond donors (Lipinski definition) is 2. The minimum Gasteiger partial charge on any atom is -0.459 e. The van der Waals surface area contributed by atoms with Crippen LogP contribution in [-0.2, 0) is 14.3 Å². The molecule has 0 saturated carbocycles. The van der Waals surface area contributed by atoms with Gasteiger partial charge in [0.2, 0.25) is 0 Å². The molecule has 0 fully saturated rings. The molecule has 0 radical (unpaired) electrons. The highest BCUT2D eigenvalue weighted by Gasteiger charge is 2.40. The van der Waals surface area contributed by atoms with Crippen LogP contribution in [0, 0.1) is 0 Å². The normalized spacial score (nSPS) is 13.3. The predicted molar refractivity (Wildman–Crippen MR) is 147 cm³/mol.